The lowest BCUT2D eigenvalue weighted by molar-refractivity contribution is 0.248. The highest BCUT2D eigenvalue weighted by atomic mass is 16.5. The minimum atomic E-state index is 0.381. The monoisotopic (exact) mass is 193 g/mol. The van der Waals surface area contributed by atoms with Crippen LogP contribution in [-0.2, 0) is 13.7 Å². The van der Waals surface area contributed by atoms with Crippen molar-refractivity contribution in [2.24, 2.45) is 7.05 Å². The number of hydrogen-bond donors (Lipinski definition) is 0. The van der Waals surface area contributed by atoms with Gasteiger partial charge in [-0.25, -0.2) is 0 Å². The Balaban J connectivity index is 1.94. The van der Waals surface area contributed by atoms with E-state index in [2.05, 4.69) is 10.3 Å². The van der Waals surface area contributed by atoms with Gasteiger partial charge in [-0.2, -0.15) is 5.10 Å². The molecule has 0 atom stereocenters. The fourth-order valence-corrected chi connectivity index (χ4v) is 1.11. The van der Waals surface area contributed by atoms with Crippen LogP contribution in [0.4, 0.5) is 0 Å². The van der Waals surface area contributed by atoms with Gasteiger partial charge >= 0.3 is 0 Å². The van der Waals surface area contributed by atoms with Crippen molar-refractivity contribution >= 4 is 0 Å². The average molecular weight is 193 g/mol. The number of aromatic nitrogens is 3. The molecule has 0 aromatic carbocycles. The van der Waals surface area contributed by atoms with Gasteiger partial charge in [-0.15, -0.1) is 0 Å². The molecule has 0 aliphatic carbocycles. The standard InChI is InChI=1S/C9H11N3O2/c1-7-3-8(14-11-7)6-13-9-4-10-12(2)5-9/h3-5H,6H2,1-2H3. The molecule has 0 radical (unpaired) electrons. The summed E-state index contributed by atoms with van der Waals surface area (Å²) in [4.78, 5) is 0. The fraction of sp³-hybridized carbons (Fsp3) is 0.333. The van der Waals surface area contributed by atoms with Gasteiger partial charge in [0.25, 0.3) is 0 Å². The zero-order valence-corrected chi connectivity index (χ0v) is 8.10. The molecule has 5 nitrogen and oxygen atoms in total. The largest absolute Gasteiger partial charge is 0.482 e. The van der Waals surface area contributed by atoms with Crippen LogP contribution in [0, 0.1) is 6.92 Å². The van der Waals surface area contributed by atoms with Crippen LogP contribution in [0.3, 0.4) is 0 Å². The first-order chi connectivity index (χ1) is 6.74. The maximum atomic E-state index is 5.41. The predicted octanol–water partition coefficient (Wildman–Crippen LogP) is 1.30. The fourth-order valence-electron chi connectivity index (χ4n) is 1.11. The van der Waals surface area contributed by atoms with Gasteiger partial charge in [0.1, 0.15) is 6.61 Å². The van der Waals surface area contributed by atoms with E-state index in [0.29, 0.717) is 12.4 Å². The Labute approximate surface area is 81.3 Å². The Hall–Kier alpha value is -1.78. The normalized spacial score (nSPS) is 10.4. The third kappa shape index (κ3) is 1.93. The predicted molar refractivity (Wildman–Crippen MR) is 48.8 cm³/mol. The van der Waals surface area contributed by atoms with Gasteiger partial charge in [0.2, 0.25) is 0 Å². The van der Waals surface area contributed by atoms with Crippen molar-refractivity contribution in [1.82, 2.24) is 14.9 Å². The highest BCUT2D eigenvalue weighted by molar-refractivity contribution is 5.12. The maximum absolute atomic E-state index is 5.41. The Kier molecular flexibility index (Phi) is 2.22. The van der Waals surface area contributed by atoms with Crippen LogP contribution < -0.4 is 4.74 Å². The van der Waals surface area contributed by atoms with E-state index >= 15 is 0 Å². The van der Waals surface area contributed by atoms with Gasteiger partial charge in [-0.3, -0.25) is 4.68 Å². The maximum Gasteiger partial charge on any atom is 0.174 e. The summed E-state index contributed by atoms with van der Waals surface area (Å²) >= 11 is 0. The Morgan fingerprint density at radius 1 is 1.57 bits per heavy atom. The minimum absolute atomic E-state index is 0.381. The zero-order chi connectivity index (χ0) is 9.97. The summed E-state index contributed by atoms with van der Waals surface area (Å²) < 4.78 is 12.1. The average Bonchev–Trinajstić information content (AvgIpc) is 2.72. The van der Waals surface area contributed by atoms with Crippen molar-refractivity contribution in [1.29, 1.82) is 0 Å². The molecule has 0 bridgehead atoms. The van der Waals surface area contributed by atoms with E-state index in [-0.39, 0.29) is 0 Å². The van der Waals surface area contributed by atoms with Gasteiger partial charge in [0, 0.05) is 13.1 Å². The molecule has 74 valence electrons. The number of nitrogens with zero attached hydrogens (tertiary/aromatic N) is 3. The molecule has 0 fully saturated rings. The van der Waals surface area contributed by atoms with Gasteiger partial charge in [-0.1, -0.05) is 5.16 Å². The number of rotatable bonds is 3. The lowest BCUT2D eigenvalue weighted by atomic mass is 10.4. The number of aryl methyl sites for hydroxylation is 2. The van der Waals surface area contributed by atoms with Crippen LogP contribution in [0.2, 0.25) is 0 Å². The van der Waals surface area contributed by atoms with E-state index in [1.165, 1.54) is 0 Å². The Bertz CT molecular complexity index is 379. The summed E-state index contributed by atoms with van der Waals surface area (Å²) in [5.74, 6) is 1.44. The summed E-state index contributed by atoms with van der Waals surface area (Å²) in [6, 6.07) is 1.84. The molecule has 0 aliphatic heterocycles. The van der Waals surface area contributed by atoms with E-state index in [1.54, 1.807) is 17.1 Å². The van der Waals surface area contributed by atoms with Crippen LogP contribution >= 0.6 is 0 Å². The number of ether oxygens (including phenoxy) is 1. The SMILES string of the molecule is Cc1cc(COc2cnn(C)c2)on1. The van der Waals surface area contributed by atoms with Gasteiger partial charge < -0.3 is 9.26 Å². The molecular weight excluding hydrogens is 182 g/mol. The van der Waals surface area contributed by atoms with Gasteiger partial charge in [0.15, 0.2) is 11.5 Å². The molecule has 0 saturated carbocycles. The molecular formula is C9H11N3O2. The third-order valence-electron chi connectivity index (χ3n) is 1.74. The molecule has 14 heavy (non-hydrogen) atoms. The second-order valence-corrected chi connectivity index (χ2v) is 3.07. The lowest BCUT2D eigenvalue weighted by Crippen LogP contribution is -1.92. The van der Waals surface area contributed by atoms with Crippen molar-refractivity contribution in [3.8, 4) is 5.75 Å². The van der Waals surface area contributed by atoms with Crippen molar-refractivity contribution in [2.75, 3.05) is 0 Å². The Morgan fingerprint density at radius 2 is 2.43 bits per heavy atom. The molecule has 2 heterocycles. The highest BCUT2D eigenvalue weighted by Crippen LogP contribution is 2.10. The molecule has 0 N–H and O–H groups in total. The van der Waals surface area contributed by atoms with Crippen molar-refractivity contribution in [2.45, 2.75) is 13.5 Å². The minimum Gasteiger partial charge on any atom is -0.482 e. The highest BCUT2D eigenvalue weighted by Gasteiger charge is 2.02. The smallest absolute Gasteiger partial charge is 0.174 e. The summed E-state index contributed by atoms with van der Waals surface area (Å²) in [5.41, 5.74) is 0.856. The third-order valence-corrected chi connectivity index (χ3v) is 1.74. The van der Waals surface area contributed by atoms with Crippen LogP contribution in [0.1, 0.15) is 11.5 Å². The molecule has 0 amide bonds. The second kappa shape index (κ2) is 3.53. The van der Waals surface area contributed by atoms with Gasteiger partial charge in [0.05, 0.1) is 18.1 Å². The number of hydrogen-bond acceptors (Lipinski definition) is 4. The summed E-state index contributed by atoms with van der Waals surface area (Å²) in [6.07, 6.45) is 3.45. The summed E-state index contributed by atoms with van der Waals surface area (Å²) in [5, 5.41) is 7.74. The Morgan fingerprint density at radius 3 is 3.00 bits per heavy atom. The van der Waals surface area contributed by atoms with Crippen molar-refractivity contribution in [3.05, 3.63) is 29.9 Å². The summed E-state index contributed by atoms with van der Waals surface area (Å²) in [7, 11) is 1.84. The van der Waals surface area contributed by atoms with Gasteiger partial charge in [-0.05, 0) is 6.92 Å². The van der Waals surface area contributed by atoms with E-state index in [0.717, 1.165) is 11.4 Å². The first kappa shape index (κ1) is 8.80. The molecule has 0 saturated heterocycles. The van der Waals surface area contributed by atoms with E-state index in [9.17, 15) is 0 Å². The first-order valence-electron chi connectivity index (χ1n) is 4.27. The van der Waals surface area contributed by atoms with Crippen LogP contribution in [0.5, 0.6) is 5.75 Å². The van der Waals surface area contributed by atoms with Crippen LogP contribution in [0.15, 0.2) is 23.0 Å². The summed E-state index contributed by atoms with van der Waals surface area (Å²) in [6.45, 7) is 2.25. The van der Waals surface area contributed by atoms with Crippen molar-refractivity contribution < 1.29 is 9.26 Å². The van der Waals surface area contributed by atoms with E-state index in [4.69, 9.17) is 9.26 Å². The van der Waals surface area contributed by atoms with Crippen molar-refractivity contribution in [3.63, 3.8) is 0 Å². The molecule has 0 aliphatic rings. The van der Waals surface area contributed by atoms with Crippen LogP contribution in [-0.4, -0.2) is 14.9 Å². The second-order valence-electron chi connectivity index (χ2n) is 3.07. The molecule has 2 aromatic rings. The first-order valence-corrected chi connectivity index (χ1v) is 4.27. The van der Waals surface area contributed by atoms with E-state index in [1.807, 2.05) is 20.0 Å². The molecule has 5 heteroatoms. The molecule has 2 rings (SSSR count). The quantitative estimate of drug-likeness (QED) is 0.737. The lowest BCUT2D eigenvalue weighted by Gasteiger charge is -1.97. The zero-order valence-electron chi connectivity index (χ0n) is 8.10. The topological polar surface area (TPSA) is 53.1 Å². The molecule has 0 unspecified atom stereocenters. The molecule has 2 aromatic heterocycles. The molecule has 0 spiro atoms. The van der Waals surface area contributed by atoms with Crippen LogP contribution in [0.25, 0.3) is 0 Å². The van der Waals surface area contributed by atoms with E-state index < -0.39 is 0 Å².